The van der Waals surface area contributed by atoms with Crippen LogP contribution in [0.2, 0.25) is 0 Å². The van der Waals surface area contributed by atoms with E-state index in [1.54, 1.807) is 17.4 Å². The van der Waals surface area contributed by atoms with Crippen molar-refractivity contribution in [2.45, 2.75) is 18.9 Å². The Morgan fingerprint density at radius 2 is 2.21 bits per heavy atom. The fraction of sp³-hybridized carbons (Fsp3) is 0.286. The van der Waals surface area contributed by atoms with Crippen LogP contribution in [0.4, 0.5) is 0 Å². The number of carbonyl (C=O) groups excluding carboxylic acids is 1. The first-order valence-electron chi connectivity index (χ1n) is 6.27. The molecule has 0 radical (unpaired) electrons. The number of thiophene rings is 1. The summed E-state index contributed by atoms with van der Waals surface area (Å²) in [7, 11) is 0. The molecule has 1 atom stereocenters. The van der Waals surface area contributed by atoms with E-state index in [-0.39, 0.29) is 17.5 Å². The predicted octanol–water partition coefficient (Wildman–Crippen LogP) is 2.32. The molecule has 0 saturated heterocycles. The van der Waals surface area contributed by atoms with Crippen molar-refractivity contribution in [1.82, 2.24) is 10.3 Å². The molecule has 1 fully saturated rings. The lowest BCUT2D eigenvalue weighted by molar-refractivity contribution is 0.0932. The molecule has 3 rings (SSSR count). The van der Waals surface area contributed by atoms with E-state index in [2.05, 4.69) is 16.4 Å². The summed E-state index contributed by atoms with van der Waals surface area (Å²) in [6.45, 7) is 0. The van der Waals surface area contributed by atoms with E-state index in [9.17, 15) is 9.59 Å². The van der Waals surface area contributed by atoms with Gasteiger partial charge in [0, 0.05) is 17.1 Å². The van der Waals surface area contributed by atoms with Crippen molar-refractivity contribution in [3.63, 3.8) is 0 Å². The maximum atomic E-state index is 12.2. The molecule has 1 aliphatic carbocycles. The molecule has 19 heavy (non-hydrogen) atoms. The van der Waals surface area contributed by atoms with Crippen LogP contribution >= 0.6 is 11.3 Å². The van der Waals surface area contributed by atoms with Crippen molar-refractivity contribution in [2.24, 2.45) is 5.92 Å². The number of pyridine rings is 1. The molecule has 2 aromatic rings. The predicted molar refractivity (Wildman–Crippen MR) is 74.3 cm³/mol. The zero-order valence-corrected chi connectivity index (χ0v) is 11.1. The smallest absolute Gasteiger partial charge is 0.253 e. The number of rotatable bonds is 4. The van der Waals surface area contributed by atoms with Crippen LogP contribution in [0.3, 0.4) is 0 Å². The Labute approximate surface area is 114 Å². The van der Waals surface area contributed by atoms with E-state index >= 15 is 0 Å². The van der Waals surface area contributed by atoms with Crippen molar-refractivity contribution in [3.05, 3.63) is 56.6 Å². The van der Waals surface area contributed by atoms with E-state index in [1.807, 2.05) is 11.4 Å². The molecule has 2 heterocycles. The molecule has 0 spiro atoms. The first kappa shape index (κ1) is 12.2. The van der Waals surface area contributed by atoms with Gasteiger partial charge >= 0.3 is 0 Å². The zero-order valence-electron chi connectivity index (χ0n) is 10.3. The van der Waals surface area contributed by atoms with Crippen LogP contribution in [0.25, 0.3) is 0 Å². The average molecular weight is 274 g/mol. The number of nitrogens with one attached hydrogen (secondary N) is 2. The molecule has 2 N–H and O–H groups in total. The van der Waals surface area contributed by atoms with Crippen LogP contribution in [-0.4, -0.2) is 10.9 Å². The second-order valence-corrected chi connectivity index (χ2v) is 5.72. The van der Waals surface area contributed by atoms with E-state index in [0.717, 1.165) is 12.8 Å². The highest BCUT2D eigenvalue weighted by atomic mass is 32.1. The number of aromatic amines is 1. The van der Waals surface area contributed by atoms with Gasteiger partial charge in [0.25, 0.3) is 5.91 Å². The highest BCUT2D eigenvalue weighted by Crippen LogP contribution is 2.42. The van der Waals surface area contributed by atoms with E-state index in [1.165, 1.54) is 17.1 Å². The summed E-state index contributed by atoms with van der Waals surface area (Å²) in [6, 6.07) is 7.07. The van der Waals surface area contributed by atoms with Crippen molar-refractivity contribution in [2.75, 3.05) is 0 Å². The van der Waals surface area contributed by atoms with Gasteiger partial charge in [0.1, 0.15) is 0 Å². The molecule has 0 aromatic carbocycles. The number of aromatic nitrogens is 1. The standard InChI is InChI=1S/C14H14N2O2S/c17-12-6-5-10(8-15-12)14(18)16-13(9-3-4-9)11-2-1-7-19-11/h1-2,5-9,13H,3-4H2,(H,15,17)(H,16,18). The van der Waals surface area contributed by atoms with Gasteiger partial charge in [-0.2, -0.15) is 0 Å². The monoisotopic (exact) mass is 274 g/mol. The maximum absolute atomic E-state index is 12.2. The van der Waals surface area contributed by atoms with Gasteiger partial charge in [-0.1, -0.05) is 6.07 Å². The summed E-state index contributed by atoms with van der Waals surface area (Å²) in [5.41, 5.74) is 0.287. The van der Waals surface area contributed by atoms with Gasteiger partial charge in [-0.25, -0.2) is 0 Å². The van der Waals surface area contributed by atoms with Crippen LogP contribution in [0, 0.1) is 5.92 Å². The molecular formula is C14H14N2O2S. The van der Waals surface area contributed by atoms with Gasteiger partial charge in [-0.3, -0.25) is 9.59 Å². The molecule has 1 unspecified atom stereocenters. The highest BCUT2D eigenvalue weighted by Gasteiger charge is 2.34. The summed E-state index contributed by atoms with van der Waals surface area (Å²) in [5, 5.41) is 5.09. The topological polar surface area (TPSA) is 62.0 Å². The van der Waals surface area contributed by atoms with Gasteiger partial charge in [0.15, 0.2) is 0 Å². The second-order valence-electron chi connectivity index (χ2n) is 4.75. The zero-order chi connectivity index (χ0) is 13.2. The van der Waals surface area contributed by atoms with Gasteiger partial charge in [-0.05, 0) is 36.3 Å². The molecular weight excluding hydrogens is 260 g/mol. The summed E-state index contributed by atoms with van der Waals surface area (Å²) < 4.78 is 0. The highest BCUT2D eigenvalue weighted by molar-refractivity contribution is 7.10. The minimum absolute atomic E-state index is 0.0967. The van der Waals surface area contributed by atoms with Crippen LogP contribution < -0.4 is 10.9 Å². The lowest BCUT2D eigenvalue weighted by atomic mass is 10.1. The minimum Gasteiger partial charge on any atom is -0.344 e. The first-order chi connectivity index (χ1) is 9.24. The van der Waals surface area contributed by atoms with Gasteiger partial charge in [0.2, 0.25) is 5.56 Å². The largest absolute Gasteiger partial charge is 0.344 e. The molecule has 5 heteroatoms. The normalized spacial score (nSPS) is 16.0. The number of amides is 1. The van der Waals surface area contributed by atoms with Crippen LogP contribution in [-0.2, 0) is 0 Å². The third-order valence-corrected chi connectivity index (χ3v) is 4.23. The third-order valence-electron chi connectivity index (χ3n) is 3.28. The van der Waals surface area contributed by atoms with Crippen LogP contribution in [0.1, 0.15) is 34.1 Å². The number of hydrogen-bond donors (Lipinski definition) is 2. The summed E-state index contributed by atoms with van der Waals surface area (Å²) in [5.74, 6) is 0.409. The first-order valence-corrected chi connectivity index (χ1v) is 7.15. The molecule has 0 aliphatic heterocycles. The fourth-order valence-electron chi connectivity index (χ4n) is 2.10. The maximum Gasteiger partial charge on any atom is 0.253 e. The Balaban J connectivity index is 1.77. The number of hydrogen-bond acceptors (Lipinski definition) is 3. The van der Waals surface area contributed by atoms with Crippen molar-refractivity contribution >= 4 is 17.2 Å². The Morgan fingerprint density at radius 1 is 1.37 bits per heavy atom. The Morgan fingerprint density at radius 3 is 2.79 bits per heavy atom. The van der Waals surface area contributed by atoms with Crippen LogP contribution in [0.5, 0.6) is 0 Å². The molecule has 0 bridgehead atoms. The summed E-state index contributed by atoms with van der Waals surface area (Å²) in [6.07, 6.45) is 3.78. The van der Waals surface area contributed by atoms with Crippen LogP contribution in [0.15, 0.2) is 40.6 Å². The Kier molecular flexibility index (Phi) is 3.21. The summed E-state index contributed by atoms with van der Waals surface area (Å²) in [4.78, 5) is 26.9. The fourth-order valence-corrected chi connectivity index (χ4v) is 2.96. The van der Waals surface area contributed by atoms with E-state index < -0.39 is 0 Å². The number of H-pyrrole nitrogens is 1. The molecule has 4 nitrogen and oxygen atoms in total. The quantitative estimate of drug-likeness (QED) is 0.898. The summed E-state index contributed by atoms with van der Waals surface area (Å²) >= 11 is 1.67. The lowest BCUT2D eigenvalue weighted by Crippen LogP contribution is -2.29. The molecule has 1 saturated carbocycles. The minimum atomic E-state index is -0.200. The van der Waals surface area contributed by atoms with E-state index in [0.29, 0.717) is 11.5 Å². The van der Waals surface area contributed by atoms with Crippen molar-refractivity contribution in [1.29, 1.82) is 0 Å². The Hall–Kier alpha value is -1.88. The van der Waals surface area contributed by atoms with Gasteiger partial charge < -0.3 is 10.3 Å². The van der Waals surface area contributed by atoms with Crippen molar-refractivity contribution in [3.8, 4) is 0 Å². The van der Waals surface area contributed by atoms with E-state index in [4.69, 9.17) is 0 Å². The molecule has 1 aliphatic rings. The SMILES string of the molecule is O=C(NC(c1cccs1)C1CC1)c1ccc(=O)[nH]c1. The van der Waals surface area contributed by atoms with Gasteiger partial charge in [-0.15, -0.1) is 11.3 Å². The second kappa shape index (κ2) is 5.01. The lowest BCUT2D eigenvalue weighted by Gasteiger charge is -2.16. The molecule has 2 aromatic heterocycles. The molecule has 1 amide bonds. The third kappa shape index (κ3) is 2.76. The Bertz CT molecular complexity index is 609. The molecule has 98 valence electrons. The average Bonchev–Trinajstić information content (AvgIpc) is 3.11. The number of carbonyl (C=O) groups is 1. The van der Waals surface area contributed by atoms with Gasteiger partial charge in [0.05, 0.1) is 11.6 Å². The van der Waals surface area contributed by atoms with Crippen molar-refractivity contribution < 1.29 is 4.79 Å².